The lowest BCUT2D eigenvalue weighted by atomic mass is 9.99. The van der Waals surface area contributed by atoms with E-state index in [0.717, 1.165) is 29.0 Å². The van der Waals surface area contributed by atoms with Crippen molar-refractivity contribution in [1.29, 1.82) is 0 Å². The Bertz CT molecular complexity index is 1030. The van der Waals surface area contributed by atoms with E-state index in [4.69, 9.17) is 14.7 Å². The third-order valence-corrected chi connectivity index (χ3v) is 4.65. The first kappa shape index (κ1) is 23.0. The van der Waals surface area contributed by atoms with Gasteiger partial charge in [0, 0.05) is 11.8 Å². The second-order valence-corrected chi connectivity index (χ2v) is 7.83. The molecule has 3 rings (SSSR count). The monoisotopic (exact) mass is 432 g/mol. The zero-order valence-corrected chi connectivity index (χ0v) is 18.4. The molecule has 1 heterocycles. The molecule has 0 spiro atoms. The van der Waals surface area contributed by atoms with E-state index in [1.165, 1.54) is 0 Å². The van der Waals surface area contributed by atoms with Crippen molar-refractivity contribution >= 4 is 11.7 Å². The molecule has 1 N–H and O–H groups in total. The average Bonchev–Trinajstić information content (AvgIpc) is 2.78. The number of aliphatic carboxylic acids is 1. The SMILES string of the molecule is CC(C)C/C(=N\OCCOc1cccc(CC(=O)O)c1)c1ccc(-c2ccccn2)cc1. The molecule has 6 nitrogen and oxygen atoms in total. The number of carbonyl (C=O) groups is 1. The zero-order chi connectivity index (χ0) is 22.8. The van der Waals surface area contributed by atoms with Gasteiger partial charge in [-0.3, -0.25) is 9.78 Å². The molecule has 0 radical (unpaired) electrons. The fourth-order valence-corrected chi connectivity index (χ4v) is 3.20. The summed E-state index contributed by atoms with van der Waals surface area (Å²) in [4.78, 5) is 20.8. The Morgan fingerprint density at radius 3 is 2.53 bits per heavy atom. The maximum atomic E-state index is 10.8. The van der Waals surface area contributed by atoms with Crippen LogP contribution in [-0.2, 0) is 16.1 Å². The number of hydrogen-bond acceptors (Lipinski definition) is 5. The highest BCUT2D eigenvalue weighted by molar-refractivity contribution is 6.00. The fraction of sp³-hybridized carbons (Fsp3) is 0.269. The maximum absolute atomic E-state index is 10.8. The summed E-state index contributed by atoms with van der Waals surface area (Å²) in [5.74, 6) is 0.176. The van der Waals surface area contributed by atoms with Gasteiger partial charge in [-0.05, 0) is 47.7 Å². The van der Waals surface area contributed by atoms with Gasteiger partial charge in [0.05, 0.1) is 17.8 Å². The van der Waals surface area contributed by atoms with E-state index in [1.54, 1.807) is 30.5 Å². The number of oxime groups is 1. The highest BCUT2D eigenvalue weighted by Crippen LogP contribution is 2.19. The molecular formula is C26H28N2O4. The number of benzene rings is 2. The van der Waals surface area contributed by atoms with E-state index in [2.05, 4.69) is 24.0 Å². The second kappa shape index (κ2) is 11.6. The number of hydrogen-bond donors (Lipinski definition) is 1. The molecule has 0 atom stereocenters. The molecule has 0 saturated heterocycles. The third kappa shape index (κ3) is 7.23. The van der Waals surface area contributed by atoms with Crippen LogP contribution in [0.15, 0.2) is 78.1 Å². The molecule has 0 aliphatic heterocycles. The van der Waals surface area contributed by atoms with Crippen molar-refractivity contribution in [3.05, 3.63) is 84.1 Å². The fourth-order valence-electron chi connectivity index (χ4n) is 3.20. The van der Waals surface area contributed by atoms with Gasteiger partial charge < -0.3 is 14.7 Å². The van der Waals surface area contributed by atoms with Crippen LogP contribution in [0.5, 0.6) is 5.75 Å². The number of nitrogens with zero attached hydrogens (tertiary/aromatic N) is 2. The molecule has 2 aromatic carbocycles. The molecular weight excluding hydrogens is 404 g/mol. The number of ether oxygens (including phenoxy) is 1. The molecule has 0 aliphatic carbocycles. The van der Waals surface area contributed by atoms with E-state index in [1.807, 2.05) is 42.5 Å². The van der Waals surface area contributed by atoms with Gasteiger partial charge >= 0.3 is 5.97 Å². The Morgan fingerprint density at radius 1 is 1.03 bits per heavy atom. The summed E-state index contributed by atoms with van der Waals surface area (Å²) in [5, 5.41) is 13.3. The minimum atomic E-state index is -0.870. The summed E-state index contributed by atoms with van der Waals surface area (Å²) in [6, 6.07) is 21.1. The minimum Gasteiger partial charge on any atom is -0.490 e. The summed E-state index contributed by atoms with van der Waals surface area (Å²) < 4.78 is 5.67. The van der Waals surface area contributed by atoms with Crippen LogP contribution in [0.4, 0.5) is 0 Å². The standard InChI is InChI=1S/C26H28N2O4/c1-19(2)16-25(22-11-9-21(10-12-22)24-8-3-4-13-27-24)28-32-15-14-31-23-7-5-6-20(17-23)18-26(29)30/h3-13,17,19H,14-16,18H2,1-2H3,(H,29,30)/b28-25+. The minimum absolute atomic E-state index is 0.0321. The summed E-state index contributed by atoms with van der Waals surface area (Å²) in [6.07, 6.45) is 2.55. The molecule has 0 unspecified atom stereocenters. The van der Waals surface area contributed by atoms with Crippen molar-refractivity contribution in [2.45, 2.75) is 26.7 Å². The molecule has 0 aliphatic rings. The molecule has 32 heavy (non-hydrogen) atoms. The van der Waals surface area contributed by atoms with E-state index in [9.17, 15) is 4.79 Å². The highest BCUT2D eigenvalue weighted by Gasteiger charge is 2.09. The Morgan fingerprint density at radius 2 is 1.84 bits per heavy atom. The number of carboxylic acids is 1. The summed E-state index contributed by atoms with van der Waals surface area (Å²) >= 11 is 0. The van der Waals surface area contributed by atoms with Crippen molar-refractivity contribution in [2.24, 2.45) is 11.1 Å². The quantitative estimate of drug-likeness (QED) is 0.255. The van der Waals surface area contributed by atoms with Crippen molar-refractivity contribution in [3.63, 3.8) is 0 Å². The Kier molecular flexibility index (Phi) is 8.37. The van der Waals surface area contributed by atoms with Crippen LogP contribution in [0, 0.1) is 5.92 Å². The Balaban J connectivity index is 1.58. The smallest absolute Gasteiger partial charge is 0.307 e. The lowest BCUT2D eigenvalue weighted by Crippen LogP contribution is -2.09. The molecule has 3 aromatic rings. The molecule has 6 heteroatoms. The first-order valence-corrected chi connectivity index (χ1v) is 10.7. The second-order valence-electron chi connectivity index (χ2n) is 7.83. The lowest BCUT2D eigenvalue weighted by Gasteiger charge is -2.11. The largest absolute Gasteiger partial charge is 0.490 e. The van der Waals surface area contributed by atoms with Crippen LogP contribution in [0.25, 0.3) is 11.3 Å². The molecule has 0 amide bonds. The van der Waals surface area contributed by atoms with Crippen LogP contribution in [0.1, 0.15) is 31.4 Å². The molecule has 0 saturated carbocycles. The van der Waals surface area contributed by atoms with Gasteiger partial charge in [0.25, 0.3) is 0 Å². The predicted octanol–water partition coefficient (Wildman–Crippen LogP) is 5.22. The van der Waals surface area contributed by atoms with Gasteiger partial charge in [0.15, 0.2) is 6.61 Å². The maximum Gasteiger partial charge on any atom is 0.307 e. The van der Waals surface area contributed by atoms with Crippen LogP contribution in [0.2, 0.25) is 0 Å². The number of rotatable bonds is 11. The van der Waals surface area contributed by atoms with Gasteiger partial charge in [0.1, 0.15) is 12.4 Å². The van der Waals surface area contributed by atoms with Gasteiger partial charge in [-0.25, -0.2) is 0 Å². The lowest BCUT2D eigenvalue weighted by molar-refractivity contribution is -0.136. The number of carboxylic acid groups (broad SMARTS) is 1. The highest BCUT2D eigenvalue weighted by atomic mass is 16.6. The van der Waals surface area contributed by atoms with Gasteiger partial charge in [-0.2, -0.15) is 0 Å². The molecule has 0 fully saturated rings. The summed E-state index contributed by atoms with van der Waals surface area (Å²) in [6.45, 7) is 4.89. The first-order valence-electron chi connectivity index (χ1n) is 10.7. The molecule has 166 valence electrons. The number of aromatic nitrogens is 1. The third-order valence-electron chi connectivity index (χ3n) is 4.65. The van der Waals surface area contributed by atoms with Gasteiger partial charge in [-0.15, -0.1) is 0 Å². The Hall–Kier alpha value is -3.67. The molecule has 1 aromatic heterocycles. The number of pyridine rings is 1. The molecule has 0 bridgehead atoms. The van der Waals surface area contributed by atoms with E-state index >= 15 is 0 Å². The summed E-state index contributed by atoms with van der Waals surface area (Å²) in [5.41, 5.74) is 4.58. The van der Waals surface area contributed by atoms with Crippen LogP contribution in [-0.4, -0.2) is 35.0 Å². The van der Waals surface area contributed by atoms with E-state index < -0.39 is 5.97 Å². The van der Waals surface area contributed by atoms with Crippen molar-refractivity contribution in [1.82, 2.24) is 4.98 Å². The predicted molar refractivity (Wildman–Crippen MR) is 125 cm³/mol. The van der Waals surface area contributed by atoms with Crippen molar-refractivity contribution < 1.29 is 19.5 Å². The zero-order valence-electron chi connectivity index (χ0n) is 18.4. The van der Waals surface area contributed by atoms with Crippen molar-refractivity contribution in [3.8, 4) is 17.0 Å². The topological polar surface area (TPSA) is 81.0 Å². The van der Waals surface area contributed by atoms with Gasteiger partial charge in [-0.1, -0.05) is 61.5 Å². The van der Waals surface area contributed by atoms with E-state index in [0.29, 0.717) is 23.8 Å². The Labute approximate surface area is 188 Å². The summed E-state index contributed by atoms with van der Waals surface area (Å²) in [7, 11) is 0. The van der Waals surface area contributed by atoms with Crippen LogP contribution in [0.3, 0.4) is 0 Å². The van der Waals surface area contributed by atoms with Gasteiger partial charge in [0.2, 0.25) is 0 Å². The van der Waals surface area contributed by atoms with E-state index in [-0.39, 0.29) is 13.0 Å². The average molecular weight is 433 g/mol. The first-order chi connectivity index (χ1) is 15.5. The van der Waals surface area contributed by atoms with Crippen LogP contribution < -0.4 is 4.74 Å². The normalized spacial score (nSPS) is 11.4. The van der Waals surface area contributed by atoms with Crippen LogP contribution >= 0.6 is 0 Å². The van der Waals surface area contributed by atoms with Crippen molar-refractivity contribution in [2.75, 3.05) is 13.2 Å².